The number of hydrogen-bond donors (Lipinski definition) is 1. The van der Waals surface area contributed by atoms with Gasteiger partial charge in [0.25, 0.3) is 0 Å². The van der Waals surface area contributed by atoms with Crippen LogP contribution in [0.5, 0.6) is 0 Å². The Kier molecular flexibility index (Phi) is 4.80. The molecule has 9 heteroatoms. The van der Waals surface area contributed by atoms with E-state index < -0.39 is 11.6 Å². The summed E-state index contributed by atoms with van der Waals surface area (Å²) >= 11 is 0. The lowest BCUT2D eigenvalue weighted by Crippen LogP contribution is -2.32. The number of hydrogen-bond acceptors (Lipinski definition) is 3. The highest BCUT2D eigenvalue weighted by molar-refractivity contribution is 5.44. The highest BCUT2D eigenvalue weighted by Gasteiger charge is 2.32. The molecule has 6 rings (SSSR count). The van der Waals surface area contributed by atoms with Crippen LogP contribution in [0.25, 0.3) is 5.52 Å². The number of rotatable bonds is 2. The lowest BCUT2D eigenvalue weighted by Gasteiger charge is -2.24. The normalized spacial score (nSPS) is 17.8. The zero-order chi connectivity index (χ0) is 21.5. The first-order valence-electron chi connectivity index (χ1n) is 10.3. The van der Waals surface area contributed by atoms with E-state index in [1.807, 2.05) is 6.07 Å². The van der Waals surface area contributed by atoms with Crippen LogP contribution in [0.1, 0.15) is 49.2 Å². The zero-order valence-electron chi connectivity index (χ0n) is 16.7. The van der Waals surface area contributed by atoms with Crippen LogP contribution in [0, 0.1) is 11.6 Å². The van der Waals surface area contributed by atoms with Crippen LogP contribution in [0.3, 0.4) is 0 Å². The Hall–Kier alpha value is -3.49. The second-order valence-electron chi connectivity index (χ2n) is 7.95. The van der Waals surface area contributed by atoms with Crippen molar-refractivity contribution in [2.45, 2.75) is 44.2 Å². The van der Waals surface area contributed by atoms with E-state index in [9.17, 15) is 18.4 Å². The van der Waals surface area contributed by atoms with Crippen molar-refractivity contribution in [3.05, 3.63) is 92.5 Å². The minimum Gasteiger partial charge on any atom is -0.301 e. The van der Waals surface area contributed by atoms with Gasteiger partial charge in [0, 0.05) is 30.9 Å². The quantitative estimate of drug-likeness (QED) is 0.536. The third kappa shape index (κ3) is 3.49. The number of aryl methyl sites for hydroxylation is 1. The van der Waals surface area contributed by atoms with Crippen LogP contribution in [0.4, 0.5) is 8.78 Å². The molecule has 1 saturated carbocycles. The number of nitrogens with one attached hydrogen (secondary N) is 1. The van der Waals surface area contributed by atoms with Crippen LogP contribution in [-0.4, -0.2) is 24.0 Å². The summed E-state index contributed by atoms with van der Waals surface area (Å²) in [6, 6.07) is 8.44. The predicted octanol–water partition coefficient (Wildman–Crippen LogP) is 3.21. The Bertz CT molecular complexity index is 1340. The summed E-state index contributed by atoms with van der Waals surface area (Å²) in [6.07, 6.45) is 7.83. The van der Waals surface area contributed by atoms with Crippen LogP contribution < -0.4 is 11.1 Å². The average molecular weight is 425 g/mol. The van der Waals surface area contributed by atoms with E-state index in [2.05, 4.69) is 10.2 Å². The minimum atomic E-state index is -0.613. The first kappa shape index (κ1) is 19.5. The number of aromatic nitrogens is 5. The third-order valence-electron chi connectivity index (χ3n) is 6.00. The third-order valence-corrected chi connectivity index (χ3v) is 6.00. The molecule has 160 valence electrons. The molecule has 1 unspecified atom stereocenters. The van der Waals surface area contributed by atoms with Crippen molar-refractivity contribution in [3.8, 4) is 0 Å². The van der Waals surface area contributed by atoms with Gasteiger partial charge in [-0.3, -0.25) is 13.9 Å². The van der Waals surface area contributed by atoms with Crippen molar-refractivity contribution in [2.75, 3.05) is 0 Å². The predicted molar refractivity (Wildman–Crippen MR) is 110 cm³/mol. The minimum absolute atomic E-state index is 0.0451. The molecule has 1 aromatic carbocycles. The fraction of sp³-hybridized carbons (Fsp3) is 0.318. The van der Waals surface area contributed by atoms with Crippen molar-refractivity contribution in [1.29, 1.82) is 0 Å². The van der Waals surface area contributed by atoms with Crippen molar-refractivity contribution in [2.24, 2.45) is 0 Å². The number of halogens is 2. The maximum absolute atomic E-state index is 13.4. The van der Waals surface area contributed by atoms with E-state index in [1.165, 1.54) is 18.2 Å². The summed E-state index contributed by atoms with van der Waals surface area (Å²) in [5, 5.41) is 7.30. The Morgan fingerprint density at radius 2 is 1.81 bits per heavy atom. The summed E-state index contributed by atoms with van der Waals surface area (Å²) in [7, 11) is 0. The van der Waals surface area contributed by atoms with Gasteiger partial charge in [0.15, 0.2) is 0 Å². The molecule has 4 aromatic rings. The molecule has 4 heterocycles. The molecular weight excluding hydrogens is 404 g/mol. The highest BCUT2D eigenvalue weighted by Crippen LogP contribution is 2.33. The van der Waals surface area contributed by atoms with Crippen LogP contribution in [-0.2, 0) is 6.42 Å². The van der Waals surface area contributed by atoms with Gasteiger partial charge in [-0.05, 0) is 55.5 Å². The van der Waals surface area contributed by atoms with Gasteiger partial charge in [-0.15, -0.1) is 0 Å². The van der Waals surface area contributed by atoms with Gasteiger partial charge in [-0.25, -0.2) is 18.3 Å². The fourth-order valence-corrected chi connectivity index (χ4v) is 4.24. The standard InChI is InChI=1S/C15H15F2N3O.C7H6N2O/c16-10-6-9(7-11(17)8-10)13-4-5-14-18-20(12-2-1-3-12)15(21)19(13)14;10-7-3-4-8-9-5-1-2-6(7)9/h6-8,12-13H,1-5H2;1-5,8H. The van der Waals surface area contributed by atoms with Gasteiger partial charge in [0.1, 0.15) is 23.0 Å². The molecule has 2 aliphatic rings. The van der Waals surface area contributed by atoms with E-state index >= 15 is 0 Å². The molecule has 0 spiro atoms. The monoisotopic (exact) mass is 425 g/mol. The number of fused-ring (bicyclic) bond motifs is 2. The summed E-state index contributed by atoms with van der Waals surface area (Å²) < 4.78 is 31.7. The molecule has 31 heavy (non-hydrogen) atoms. The Labute approximate surface area is 175 Å². The topological polar surface area (TPSA) is 77.1 Å². The number of benzene rings is 1. The molecular formula is C22H21F2N5O2. The van der Waals surface area contributed by atoms with Crippen molar-refractivity contribution >= 4 is 5.52 Å². The zero-order valence-corrected chi connectivity index (χ0v) is 16.7. The van der Waals surface area contributed by atoms with Gasteiger partial charge >= 0.3 is 5.69 Å². The van der Waals surface area contributed by atoms with Gasteiger partial charge in [0.05, 0.1) is 12.1 Å². The molecule has 0 amide bonds. The smallest absolute Gasteiger partial charge is 0.301 e. The molecule has 0 bridgehead atoms. The Morgan fingerprint density at radius 1 is 1.03 bits per heavy atom. The number of H-pyrrole nitrogens is 1. The van der Waals surface area contributed by atoms with Crippen molar-refractivity contribution < 1.29 is 8.78 Å². The molecule has 1 aliphatic carbocycles. The average Bonchev–Trinajstić information content (AvgIpc) is 3.39. The first-order chi connectivity index (χ1) is 15.0. The van der Waals surface area contributed by atoms with E-state index in [0.29, 0.717) is 23.9 Å². The van der Waals surface area contributed by atoms with Gasteiger partial charge in [0.2, 0.25) is 5.43 Å². The lowest BCUT2D eigenvalue weighted by molar-refractivity contribution is 0.277. The van der Waals surface area contributed by atoms with Gasteiger partial charge < -0.3 is 5.10 Å². The highest BCUT2D eigenvalue weighted by atomic mass is 19.1. The second-order valence-corrected chi connectivity index (χ2v) is 7.95. The number of nitrogens with zero attached hydrogens (tertiary/aromatic N) is 4. The van der Waals surface area contributed by atoms with Gasteiger partial charge in [-0.1, -0.05) is 0 Å². The largest absolute Gasteiger partial charge is 0.346 e. The molecule has 1 atom stereocenters. The maximum atomic E-state index is 13.4. The molecule has 1 aliphatic heterocycles. The van der Waals surface area contributed by atoms with E-state index in [1.54, 1.807) is 32.2 Å². The van der Waals surface area contributed by atoms with Crippen LogP contribution in [0.15, 0.2) is 58.4 Å². The molecule has 0 radical (unpaired) electrons. The summed E-state index contributed by atoms with van der Waals surface area (Å²) in [6.45, 7) is 0. The molecule has 1 N–H and O–H groups in total. The summed E-state index contributed by atoms with van der Waals surface area (Å²) in [5.74, 6) is -0.502. The van der Waals surface area contributed by atoms with E-state index in [4.69, 9.17) is 0 Å². The lowest BCUT2D eigenvalue weighted by atomic mass is 9.93. The van der Waals surface area contributed by atoms with Crippen molar-refractivity contribution in [3.63, 3.8) is 0 Å². The van der Waals surface area contributed by atoms with Gasteiger partial charge in [-0.2, -0.15) is 5.10 Å². The summed E-state index contributed by atoms with van der Waals surface area (Å²) in [4.78, 5) is 23.5. The Morgan fingerprint density at radius 3 is 2.48 bits per heavy atom. The van der Waals surface area contributed by atoms with E-state index in [0.717, 1.165) is 31.2 Å². The van der Waals surface area contributed by atoms with Crippen LogP contribution >= 0.6 is 0 Å². The van der Waals surface area contributed by atoms with E-state index in [-0.39, 0.29) is 23.2 Å². The fourth-order valence-electron chi connectivity index (χ4n) is 4.24. The first-order valence-corrected chi connectivity index (χ1v) is 10.3. The van der Waals surface area contributed by atoms with Crippen LogP contribution in [0.2, 0.25) is 0 Å². The molecule has 1 fully saturated rings. The summed E-state index contributed by atoms with van der Waals surface area (Å²) in [5.41, 5.74) is 1.08. The molecule has 0 saturated heterocycles. The number of aromatic amines is 1. The molecule has 3 aromatic heterocycles. The SMILES string of the molecule is O=c1cc[nH]n2cccc12.O=c1n(C2CCC2)nc2n1C(c1cc(F)cc(F)c1)CC2. The second kappa shape index (κ2) is 7.64. The molecule has 7 nitrogen and oxygen atoms in total. The van der Waals surface area contributed by atoms with Crippen molar-refractivity contribution in [1.82, 2.24) is 24.0 Å². The Balaban J connectivity index is 0.000000171. The maximum Gasteiger partial charge on any atom is 0.346 e.